The Hall–Kier alpha value is -0.940. The van der Waals surface area contributed by atoms with Crippen molar-refractivity contribution in [2.45, 2.75) is 39.7 Å². The van der Waals surface area contributed by atoms with Crippen LogP contribution in [0, 0.1) is 0 Å². The molecule has 0 fully saturated rings. The van der Waals surface area contributed by atoms with E-state index >= 15 is 0 Å². The fourth-order valence-electron chi connectivity index (χ4n) is 1.67. The van der Waals surface area contributed by atoms with Crippen molar-refractivity contribution in [1.82, 2.24) is 20.1 Å². The van der Waals surface area contributed by atoms with Crippen molar-refractivity contribution in [2.24, 2.45) is 0 Å². The van der Waals surface area contributed by atoms with Gasteiger partial charge in [-0.05, 0) is 13.0 Å². The minimum Gasteiger partial charge on any atom is -0.383 e. The van der Waals surface area contributed by atoms with Crippen LogP contribution in [0.25, 0.3) is 0 Å². The summed E-state index contributed by atoms with van der Waals surface area (Å²) >= 11 is 0. The maximum Gasteiger partial charge on any atom is 0.150 e. The molecule has 1 aromatic rings. The first-order valence-electron chi connectivity index (χ1n) is 6.44. The van der Waals surface area contributed by atoms with Crippen molar-refractivity contribution >= 4 is 0 Å². The molecule has 0 aliphatic carbocycles. The number of hydrogen-bond acceptors (Lipinski definition) is 4. The van der Waals surface area contributed by atoms with E-state index in [1.807, 2.05) is 4.68 Å². The average molecular weight is 240 g/mol. The molecule has 0 radical (unpaired) electrons. The average Bonchev–Trinajstić information content (AvgIpc) is 2.76. The molecule has 0 amide bonds. The summed E-state index contributed by atoms with van der Waals surface area (Å²) < 4.78 is 7.01. The Bertz CT molecular complexity index is 311. The zero-order valence-electron chi connectivity index (χ0n) is 11.2. The molecular weight excluding hydrogens is 216 g/mol. The molecule has 5 heteroatoms. The van der Waals surface area contributed by atoms with E-state index in [9.17, 15) is 0 Å². The molecule has 0 unspecified atom stereocenters. The summed E-state index contributed by atoms with van der Waals surface area (Å²) in [7, 11) is 1.72. The molecule has 0 spiro atoms. The molecule has 1 heterocycles. The van der Waals surface area contributed by atoms with Crippen LogP contribution in [0.1, 0.15) is 31.9 Å². The Morgan fingerprint density at radius 2 is 2.06 bits per heavy atom. The van der Waals surface area contributed by atoms with Gasteiger partial charge in [-0.15, -0.1) is 0 Å². The Balaban J connectivity index is 2.28. The number of aryl methyl sites for hydroxylation is 3. The van der Waals surface area contributed by atoms with Crippen molar-refractivity contribution in [1.29, 1.82) is 0 Å². The van der Waals surface area contributed by atoms with Gasteiger partial charge < -0.3 is 10.1 Å². The van der Waals surface area contributed by atoms with E-state index < -0.39 is 0 Å². The second-order valence-electron chi connectivity index (χ2n) is 3.97. The van der Waals surface area contributed by atoms with Crippen LogP contribution in [0.3, 0.4) is 0 Å². The van der Waals surface area contributed by atoms with Crippen LogP contribution >= 0.6 is 0 Å². The first-order valence-corrected chi connectivity index (χ1v) is 6.44. The van der Waals surface area contributed by atoms with Crippen LogP contribution in [0.2, 0.25) is 0 Å². The van der Waals surface area contributed by atoms with Gasteiger partial charge in [0, 0.05) is 33.0 Å². The zero-order valence-corrected chi connectivity index (χ0v) is 11.2. The third-order valence-corrected chi connectivity index (χ3v) is 2.63. The first kappa shape index (κ1) is 14.1. The minimum absolute atomic E-state index is 0.767. The molecule has 1 rings (SSSR count). The molecular formula is C12H24N4O. The van der Waals surface area contributed by atoms with E-state index in [1.165, 1.54) is 0 Å². The largest absolute Gasteiger partial charge is 0.383 e. The molecule has 1 aromatic heterocycles. The maximum absolute atomic E-state index is 4.97. The Kier molecular flexibility index (Phi) is 6.81. The van der Waals surface area contributed by atoms with Crippen molar-refractivity contribution in [2.75, 3.05) is 26.8 Å². The van der Waals surface area contributed by atoms with Gasteiger partial charge in [-0.2, -0.15) is 5.10 Å². The predicted octanol–water partition coefficient (Wildman–Crippen LogP) is 1.03. The summed E-state index contributed by atoms with van der Waals surface area (Å²) in [5.41, 5.74) is 0. The predicted molar refractivity (Wildman–Crippen MR) is 68.1 cm³/mol. The maximum atomic E-state index is 4.97. The number of aromatic nitrogens is 3. The van der Waals surface area contributed by atoms with Gasteiger partial charge in [-0.25, -0.2) is 9.67 Å². The van der Waals surface area contributed by atoms with Crippen LogP contribution < -0.4 is 5.32 Å². The lowest BCUT2D eigenvalue weighted by Crippen LogP contribution is -2.21. The van der Waals surface area contributed by atoms with E-state index in [2.05, 4.69) is 29.2 Å². The van der Waals surface area contributed by atoms with Gasteiger partial charge in [0.05, 0.1) is 6.61 Å². The molecule has 0 aliphatic rings. The summed E-state index contributed by atoms with van der Waals surface area (Å²) in [6.07, 6.45) is 2.93. The second-order valence-corrected chi connectivity index (χ2v) is 3.97. The third-order valence-electron chi connectivity index (χ3n) is 2.63. The molecule has 5 nitrogen and oxygen atoms in total. The summed E-state index contributed by atoms with van der Waals surface area (Å²) in [4.78, 5) is 4.49. The Labute approximate surface area is 104 Å². The molecule has 17 heavy (non-hydrogen) atoms. The molecule has 0 aliphatic heterocycles. The van der Waals surface area contributed by atoms with E-state index in [0.717, 1.165) is 57.2 Å². The molecule has 0 aromatic carbocycles. The highest BCUT2D eigenvalue weighted by Gasteiger charge is 2.05. The van der Waals surface area contributed by atoms with Crippen molar-refractivity contribution in [3.05, 3.63) is 11.6 Å². The molecule has 1 N–H and O–H groups in total. The van der Waals surface area contributed by atoms with Gasteiger partial charge in [0.2, 0.25) is 0 Å². The summed E-state index contributed by atoms with van der Waals surface area (Å²) in [6.45, 7) is 7.82. The highest BCUT2D eigenvalue weighted by molar-refractivity contribution is 4.92. The zero-order chi connectivity index (χ0) is 12.5. The standard InChI is InChI=1S/C12H24N4O/c1-4-11-14-12(5-2)16(15-11)9-6-7-13-8-10-17-3/h13H,4-10H2,1-3H3. The van der Waals surface area contributed by atoms with Crippen molar-refractivity contribution in [3.8, 4) is 0 Å². The quantitative estimate of drug-likeness (QED) is 0.655. The summed E-state index contributed by atoms with van der Waals surface area (Å²) in [5, 5.41) is 7.81. The fourth-order valence-corrected chi connectivity index (χ4v) is 1.67. The van der Waals surface area contributed by atoms with Gasteiger partial charge in [0.15, 0.2) is 5.82 Å². The molecule has 0 bridgehead atoms. The Morgan fingerprint density at radius 1 is 1.24 bits per heavy atom. The lowest BCUT2D eigenvalue weighted by Gasteiger charge is -2.05. The van der Waals surface area contributed by atoms with Crippen LogP contribution in [0.5, 0.6) is 0 Å². The van der Waals surface area contributed by atoms with Gasteiger partial charge >= 0.3 is 0 Å². The smallest absolute Gasteiger partial charge is 0.150 e. The third kappa shape index (κ3) is 4.83. The number of ether oxygens (including phenoxy) is 1. The highest BCUT2D eigenvalue weighted by Crippen LogP contribution is 2.01. The number of nitrogens with zero attached hydrogens (tertiary/aromatic N) is 3. The lowest BCUT2D eigenvalue weighted by atomic mass is 10.4. The minimum atomic E-state index is 0.767. The SMILES string of the molecule is CCc1nc(CC)n(CCCNCCOC)n1. The highest BCUT2D eigenvalue weighted by atomic mass is 16.5. The van der Waals surface area contributed by atoms with E-state index in [0.29, 0.717) is 0 Å². The fraction of sp³-hybridized carbons (Fsp3) is 0.833. The lowest BCUT2D eigenvalue weighted by molar-refractivity contribution is 0.199. The van der Waals surface area contributed by atoms with Gasteiger partial charge in [0.25, 0.3) is 0 Å². The molecule has 0 atom stereocenters. The normalized spacial score (nSPS) is 11.0. The van der Waals surface area contributed by atoms with E-state index in [1.54, 1.807) is 7.11 Å². The second kappa shape index (κ2) is 8.20. The number of rotatable bonds is 9. The van der Waals surface area contributed by atoms with Crippen LogP contribution in [-0.4, -0.2) is 41.6 Å². The van der Waals surface area contributed by atoms with E-state index in [4.69, 9.17) is 4.74 Å². The van der Waals surface area contributed by atoms with E-state index in [-0.39, 0.29) is 0 Å². The number of methoxy groups -OCH3 is 1. The van der Waals surface area contributed by atoms with Gasteiger partial charge in [-0.3, -0.25) is 0 Å². The molecule has 0 saturated carbocycles. The molecule has 98 valence electrons. The van der Waals surface area contributed by atoms with Crippen molar-refractivity contribution < 1.29 is 4.74 Å². The van der Waals surface area contributed by atoms with Crippen LogP contribution in [-0.2, 0) is 24.1 Å². The number of nitrogens with one attached hydrogen (secondary N) is 1. The topological polar surface area (TPSA) is 52.0 Å². The van der Waals surface area contributed by atoms with Crippen molar-refractivity contribution in [3.63, 3.8) is 0 Å². The number of hydrogen-bond donors (Lipinski definition) is 1. The summed E-state index contributed by atoms with van der Waals surface area (Å²) in [6, 6.07) is 0. The van der Waals surface area contributed by atoms with Gasteiger partial charge in [-0.1, -0.05) is 13.8 Å². The Morgan fingerprint density at radius 3 is 2.71 bits per heavy atom. The first-order chi connectivity index (χ1) is 8.31. The van der Waals surface area contributed by atoms with Gasteiger partial charge in [0.1, 0.15) is 5.82 Å². The monoisotopic (exact) mass is 240 g/mol. The molecule has 0 saturated heterocycles. The van der Waals surface area contributed by atoms with Crippen LogP contribution in [0.4, 0.5) is 0 Å². The van der Waals surface area contributed by atoms with Crippen LogP contribution in [0.15, 0.2) is 0 Å². The summed E-state index contributed by atoms with van der Waals surface area (Å²) in [5.74, 6) is 2.05.